The molecule has 1 saturated heterocycles. The van der Waals surface area contributed by atoms with Gasteiger partial charge in [-0.3, -0.25) is 0 Å². The van der Waals surface area contributed by atoms with Crippen LogP contribution in [0.25, 0.3) is 0 Å². The monoisotopic (exact) mass is 191 g/mol. The number of rotatable bonds is 4. The van der Waals surface area contributed by atoms with Gasteiger partial charge in [0.2, 0.25) is 0 Å². The largest absolute Gasteiger partial charge is 0.316 e. The van der Waals surface area contributed by atoms with E-state index in [-0.39, 0.29) is 5.25 Å². The van der Waals surface area contributed by atoms with Crippen LogP contribution < -0.4 is 5.32 Å². The first-order valence-electron chi connectivity index (χ1n) is 4.44. The molecule has 1 fully saturated rings. The number of sulfone groups is 1. The summed E-state index contributed by atoms with van der Waals surface area (Å²) in [4.78, 5) is 0. The van der Waals surface area contributed by atoms with Gasteiger partial charge in [-0.25, -0.2) is 8.42 Å². The van der Waals surface area contributed by atoms with E-state index in [4.69, 9.17) is 0 Å². The van der Waals surface area contributed by atoms with E-state index in [1.807, 2.05) is 0 Å². The van der Waals surface area contributed by atoms with Crippen molar-refractivity contribution in [1.82, 2.24) is 5.32 Å². The molecular weight excluding hydrogens is 174 g/mol. The zero-order valence-corrected chi connectivity index (χ0v) is 8.52. The Morgan fingerprint density at radius 1 is 1.42 bits per heavy atom. The first kappa shape index (κ1) is 9.99. The molecule has 0 spiro atoms. The highest BCUT2D eigenvalue weighted by Crippen LogP contribution is 2.12. The Morgan fingerprint density at radius 3 is 2.33 bits per heavy atom. The molecule has 1 aliphatic rings. The Kier molecular flexibility index (Phi) is 3.12. The minimum absolute atomic E-state index is 0.217. The summed E-state index contributed by atoms with van der Waals surface area (Å²) >= 11 is 0. The van der Waals surface area contributed by atoms with Gasteiger partial charge < -0.3 is 5.32 Å². The normalized spacial score (nSPS) is 19.6. The van der Waals surface area contributed by atoms with Crippen molar-refractivity contribution in [2.45, 2.75) is 25.5 Å². The first-order chi connectivity index (χ1) is 5.52. The van der Waals surface area contributed by atoms with Crippen molar-refractivity contribution in [3.8, 4) is 0 Å². The molecular formula is C8H17NO2S. The summed E-state index contributed by atoms with van der Waals surface area (Å²) in [5.74, 6) is 0.954. The Balaban J connectivity index is 2.29. The van der Waals surface area contributed by atoms with E-state index in [2.05, 4.69) is 5.32 Å². The predicted octanol–water partition coefficient (Wildman–Crippen LogP) is 0.419. The van der Waals surface area contributed by atoms with Gasteiger partial charge in [0.1, 0.15) is 0 Å². The Labute approximate surface area is 74.5 Å². The molecule has 0 saturated carbocycles. The second-order valence-electron chi connectivity index (χ2n) is 3.73. The average Bonchev–Trinajstić information content (AvgIpc) is 1.83. The average molecular weight is 191 g/mol. The molecule has 0 aromatic carbocycles. The summed E-state index contributed by atoms with van der Waals surface area (Å²) in [6.07, 6.45) is 0.827. The third-order valence-corrected chi connectivity index (χ3v) is 4.64. The molecule has 0 radical (unpaired) electrons. The number of hydrogen-bond donors (Lipinski definition) is 1. The van der Waals surface area contributed by atoms with Crippen LogP contribution in [0.4, 0.5) is 0 Å². The molecule has 72 valence electrons. The van der Waals surface area contributed by atoms with Crippen LogP contribution in [0.1, 0.15) is 20.3 Å². The standard InChI is InChI=1S/C8H17NO2S/c1-7(2)12(10,11)4-3-8-5-9-6-8/h7-9H,3-6H2,1-2H3. The summed E-state index contributed by atoms with van der Waals surface area (Å²) in [6.45, 7) is 5.48. The van der Waals surface area contributed by atoms with E-state index in [1.165, 1.54) is 0 Å². The maximum atomic E-state index is 11.4. The van der Waals surface area contributed by atoms with Crippen LogP contribution in [0.15, 0.2) is 0 Å². The van der Waals surface area contributed by atoms with Crippen LogP contribution in [0, 0.1) is 5.92 Å². The van der Waals surface area contributed by atoms with Crippen LogP contribution >= 0.6 is 0 Å². The van der Waals surface area contributed by atoms with E-state index in [0.29, 0.717) is 11.7 Å². The topological polar surface area (TPSA) is 46.2 Å². The summed E-state index contributed by atoms with van der Waals surface area (Å²) in [6, 6.07) is 0. The van der Waals surface area contributed by atoms with Crippen LogP contribution in [-0.4, -0.2) is 32.5 Å². The van der Waals surface area contributed by atoms with Gasteiger partial charge in [-0.2, -0.15) is 0 Å². The molecule has 12 heavy (non-hydrogen) atoms. The van der Waals surface area contributed by atoms with Gasteiger partial charge in [0.15, 0.2) is 9.84 Å². The predicted molar refractivity (Wildman–Crippen MR) is 49.9 cm³/mol. The zero-order chi connectivity index (χ0) is 9.19. The molecule has 0 unspecified atom stereocenters. The molecule has 4 heteroatoms. The maximum absolute atomic E-state index is 11.4. The molecule has 0 bridgehead atoms. The van der Waals surface area contributed by atoms with Gasteiger partial charge >= 0.3 is 0 Å². The minimum atomic E-state index is -2.80. The molecule has 1 rings (SSSR count). The van der Waals surface area contributed by atoms with Gasteiger partial charge in [0.25, 0.3) is 0 Å². The maximum Gasteiger partial charge on any atom is 0.152 e. The number of hydrogen-bond acceptors (Lipinski definition) is 3. The van der Waals surface area contributed by atoms with Gasteiger partial charge in [-0.15, -0.1) is 0 Å². The van der Waals surface area contributed by atoms with E-state index in [9.17, 15) is 8.42 Å². The molecule has 0 aliphatic carbocycles. The van der Waals surface area contributed by atoms with E-state index in [1.54, 1.807) is 13.8 Å². The fraction of sp³-hybridized carbons (Fsp3) is 1.00. The SMILES string of the molecule is CC(C)S(=O)(=O)CCC1CNC1. The molecule has 1 N–H and O–H groups in total. The highest BCUT2D eigenvalue weighted by molar-refractivity contribution is 7.91. The highest BCUT2D eigenvalue weighted by Gasteiger charge is 2.22. The van der Waals surface area contributed by atoms with Crippen molar-refractivity contribution in [1.29, 1.82) is 0 Å². The van der Waals surface area contributed by atoms with E-state index in [0.717, 1.165) is 19.5 Å². The Hall–Kier alpha value is -0.0900. The summed E-state index contributed by atoms with van der Waals surface area (Å²) in [7, 11) is -2.80. The van der Waals surface area contributed by atoms with Crippen molar-refractivity contribution in [3.63, 3.8) is 0 Å². The lowest BCUT2D eigenvalue weighted by atomic mass is 10.0. The molecule has 0 aromatic heterocycles. The van der Waals surface area contributed by atoms with Crippen LogP contribution in [0.3, 0.4) is 0 Å². The minimum Gasteiger partial charge on any atom is -0.316 e. The van der Waals surface area contributed by atoms with Gasteiger partial charge in [-0.05, 0) is 39.3 Å². The quantitative estimate of drug-likeness (QED) is 0.700. The third-order valence-electron chi connectivity index (χ3n) is 2.39. The van der Waals surface area contributed by atoms with Gasteiger partial charge in [-0.1, -0.05) is 0 Å². The summed E-state index contributed by atoms with van der Waals surface area (Å²) in [5.41, 5.74) is 0. The Bertz CT molecular complexity index is 229. The van der Waals surface area contributed by atoms with Crippen LogP contribution in [-0.2, 0) is 9.84 Å². The van der Waals surface area contributed by atoms with Crippen molar-refractivity contribution >= 4 is 9.84 Å². The first-order valence-corrected chi connectivity index (χ1v) is 6.16. The second-order valence-corrected chi connectivity index (χ2v) is 6.41. The lowest BCUT2D eigenvalue weighted by Gasteiger charge is -2.27. The van der Waals surface area contributed by atoms with E-state index < -0.39 is 9.84 Å². The molecule has 0 atom stereocenters. The van der Waals surface area contributed by atoms with Crippen molar-refractivity contribution in [2.75, 3.05) is 18.8 Å². The number of nitrogens with one attached hydrogen (secondary N) is 1. The summed E-state index contributed by atoms with van der Waals surface area (Å²) in [5, 5.41) is 2.91. The second kappa shape index (κ2) is 3.75. The fourth-order valence-corrected chi connectivity index (χ4v) is 2.25. The molecule has 0 aromatic rings. The van der Waals surface area contributed by atoms with Crippen LogP contribution in [0.5, 0.6) is 0 Å². The van der Waals surface area contributed by atoms with Gasteiger partial charge in [0, 0.05) is 0 Å². The lowest BCUT2D eigenvalue weighted by Crippen LogP contribution is -2.43. The van der Waals surface area contributed by atoms with Gasteiger partial charge in [0.05, 0.1) is 11.0 Å². The van der Waals surface area contributed by atoms with Crippen LogP contribution in [0.2, 0.25) is 0 Å². The van der Waals surface area contributed by atoms with Crippen molar-refractivity contribution in [3.05, 3.63) is 0 Å². The molecule has 1 heterocycles. The Morgan fingerprint density at radius 2 is 2.00 bits per heavy atom. The third kappa shape index (κ3) is 2.45. The van der Waals surface area contributed by atoms with E-state index >= 15 is 0 Å². The van der Waals surface area contributed by atoms with Crippen molar-refractivity contribution in [2.24, 2.45) is 5.92 Å². The zero-order valence-electron chi connectivity index (χ0n) is 7.71. The molecule has 3 nitrogen and oxygen atoms in total. The van der Waals surface area contributed by atoms with Crippen molar-refractivity contribution < 1.29 is 8.42 Å². The fourth-order valence-electron chi connectivity index (χ4n) is 1.12. The smallest absolute Gasteiger partial charge is 0.152 e. The summed E-state index contributed by atoms with van der Waals surface area (Å²) < 4.78 is 22.7. The highest BCUT2D eigenvalue weighted by atomic mass is 32.2. The lowest BCUT2D eigenvalue weighted by molar-refractivity contribution is 0.339. The molecule has 1 aliphatic heterocycles. The molecule has 0 amide bonds.